The number of benzene rings is 1. The van der Waals surface area contributed by atoms with Crippen LogP contribution < -0.4 is 14.8 Å². The minimum atomic E-state index is 0.625. The van der Waals surface area contributed by atoms with E-state index in [-0.39, 0.29) is 0 Å². The summed E-state index contributed by atoms with van der Waals surface area (Å²) in [5.74, 6) is 1.73. The van der Waals surface area contributed by atoms with Crippen LogP contribution in [0.3, 0.4) is 0 Å². The number of thiophene rings is 1. The fourth-order valence-electron chi connectivity index (χ4n) is 2.04. The number of hydrogen-bond acceptors (Lipinski definition) is 4. The molecule has 2 aromatic rings. The molecule has 0 saturated carbocycles. The van der Waals surface area contributed by atoms with Gasteiger partial charge in [-0.1, -0.05) is 12.1 Å². The van der Waals surface area contributed by atoms with Crippen molar-refractivity contribution in [3.63, 3.8) is 0 Å². The third-order valence-corrected chi connectivity index (χ3v) is 4.87. The first-order valence-electron chi connectivity index (χ1n) is 6.14. The van der Waals surface area contributed by atoms with Crippen LogP contribution in [-0.4, -0.2) is 13.2 Å². The van der Waals surface area contributed by atoms with Gasteiger partial charge in [0.1, 0.15) is 13.2 Å². The highest BCUT2D eigenvalue weighted by molar-refractivity contribution is 9.10. The lowest BCUT2D eigenvalue weighted by Crippen LogP contribution is -2.19. The van der Waals surface area contributed by atoms with Crippen LogP contribution in [0.2, 0.25) is 0 Å². The minimum absolute atomic E-state index is 0.625. The molecule has 0 bridgehead atoms. The highest BCUT2D eigenvalue weighted by Gasteiger charge is 2.15. The molecule has 1 aromatic heterocycles. The first-order valence-corrected chi connectivity index (χ1v) is 7.82. The molecule has 0 aliphatic carbocycles. The van der Waals surface area contributed by atoms with Crippen molar-refractivity contribution in [2.45, 2.75) is 13.1 Å². The Morgan fingerprint density at radius 2 is 2.05 bits per heavy atom. The average molecular weight is 340 g/mol. The minimum Gasteiger partial charge on any atom is -0.486 e. The van der Waals surface area contributed by atoms with E-state index in [1.807, 2.05) is 12.1 Å². The number of para-hydroxylation sites is 1. The van der Waals surface area contributed by atoms with Gasteiger partial charge in [0.05, 0.1) is 0 Å². The molecule has 5 heteroatoms. The lowest BCUT2D eigenvalue weighted by Gasteiger charge is -2.21. The standard InChI is InChI=1S/C14H14BrNO2S/c15-11-4-7-19-13(11)9-16-8-10-2-1-3-12-14(10)18-6-5-17-12/h1-4,7,16H,5-6,8-9H2. The number of ether oxygens (including phenoxy) is 2. The molecule has 0 saturated heterocycles. The summed E-state index contributed by atoms with van der Waals surface area (Å²) in [5, 5.41) is 5.53. The molecule has 2 heterocycles. The Morgan fingerprint density at radius 3 is 2.89 bits per heavy atom. The normalized spacial score (nSPS) is 13.5. The quantitative estimate of drug-likeness (QED) is 0.923. The second-order valence-corrected chi connectivity index (χ2v) is 6.09. The van der Waals surface area contributed by atoms with E-state index in [2.05, 4.69) is 38.8 Å². The van der Waals surface area contributed by atoms with Crippen LogP contribution >= 0.6 is 27.3 Å². The topological polar surface area (TPSA) is 30.5 Å². The van der Waals surface area contributed by atoms with E-state index in [1.165, 1.54) is 9.35 Å². The summed E-state index contributed by atoms with van der Waals surface area (Å²) in [4.78, 5) is 1.31. The fourth-order valence-corrected chi connectivity index (χ4v) is 3.50. The number of rotatable bonds is 4. The van der Waals surface area contributed by atoms with Crippen molar-refractivity contribution in [2.75, 3.05) is 13.2 Å². The molecule has 1 aliphatic heterocycles. The molecule has 0 unspecified atom stereocenters. The van der Waals surface area contributed by atoms with Gasteiger partial charge in [-0.2, -0.15) is 0 Å². The summed E-state index contributed by atoms with van der Waals surface area (Å²) < 4.78 is 12.4. The molecule has 0 radical (unpaired) electrons. The van der Waals surface area contributed by atoms with Crippen LogP contribution in [0.5, 0.6) is 11.5 Å². The molecule has 19 heavy (non-hydrogen) atoms. The highest BCUT2D eigenvalue weighted by Crippen LogP contribution is 2.33. The number of halogens is 1. The number of fused-ring (bicyclic) bond motifs is 1. The van der Waals surface area contributed by atoms with E-state index >= 15 is 0 Å². The first-order chi connectivity index (χ1) is 9.34. The smallest absolute Gasteiger partial charge is 0.165 e. The summed E-state index contributed by atoms with van der Waals surface area (Å²) in [6.45, 7) is 2.88. The third kappa shape index (κ3) is 2.94. The first kappa shape index (κ1) is 13.0. The van der Waals surface area contributed by atoms with Crippen molar-refractivity contribution in [3.05, 3.63) is 44.6 Å². The largest absolute Gasteiger partial charge is 0.486 e. The Morgan fingerprint density at radius 1 is 1.16 bits per heavy atom. The molecule has 0 amide bonds. The second-order valence-electron chi connectivity index (χ2n) is 4.24. The molecule has 1 N–H and O–H groups in total. The SMILES string of the molecule is Brc1ccsc1CNCc1cccc2c1OCCO2. The molecule has 1 aromatic carbocycles. The van der Waals surface area contributed by atoms with Crippen LogP contribution in [0.25, 0.3) is 0 Å². The van der Waals surface area contributed by atoms with Gasteiger partial charge in [-0.3, -0.25) is 0 Å². The molecular formula is C14H14BrNO2S. The van der Waals surface area contributed by atoms with Crippen molar-refractivity contribution in [1.29, 1.82) is 0 Å². The predicted octanol–water partition coefficient (Wildman–Crippen LogP) is 3.57. The van der Waals surface area contributed by atoms with E-state index in [9.17, 15) is 0 Å². The van der Waals surface area contributed by atoms with Crippen molar-refractivity contribution >= 4 is 27.3 Å². The predicted molar refractivity (Wildman–Crippen MR) is 80.0 cm³/mol. The molecule has 3 nitrogen and oxygen atoms in total. The van der Waals surface area contributed by atoms with Gasteiger partial charge in [0.15, 0.2) is 11.5 Å². The molecular weight excluding hydrogens is 326 g/mol. The summed E-state index contributed by atoms with van der Waals surface area (Å²) in [6, 6.07) is 8.10. The maximum Gasteiger partial charge on any atom is 0.165 e. The van der Waals surface area contributed by atoms with Crippen molar-refractivity contribution in [1.82, 2.24) is 5.32 Å². The number of hydrogen-bond donors (Lipinski definition) is 1. The zero-order valence-corrected chi connectivity index (χ0v) is 12.7. The van der Waals surface area contributed by atoms with Crippen molar-refractivity contribution < 1.29 is 9.47 Å². The van der Waals surface area contributed by atoms with Gasteiger partial charge in [0, 0.05) is 28.0 Å². The average Bonchev–Trinajstić information content (AvgIpc) is 2.85. The van der Waals surface area contributed by atoms with Crippen molar-refractivity contribution in [3.8, 4) is 11.5 Å². The van der Waals surface area contributed by atoms with Gasteiger partial charge in [0.2, 0.25) is 0 Å². The van der Waals surface area contributed by atoms with Gasteiger partial charge in [-0.25, -0.2) is 0 Å². The molecule has 100 valence electrons. The monoisotopic (exact) mass is 339 g/mol. The zero-order chi connectivity index (χ0) is 13.1. The Labute approximate surface area is 124 Å². The van der Waals surface area contributed by atoms with Crippen LogP contribution in [0, 0.1) is 0 Å². The second kappa shape index (κ2) is 5.94. The highest BCUT2D eigenvalue weighted by atomic mass is 79.9. The summed E-state index contributed by atoms with van der Waals surface area (Å²) in [7, 11) is 0. The van der Waals surface area contributed by atoms with E-state index < -0.39 is 0 Å². The lowest BCUT2D eigenvalue weighted by atomic mass is 10.1. The van der Waals surface area contributed by atoms with Crippen LogP contribution in [0.1, 0.15) is 10.4 Å². The maximum atomic E-state index is 5.69. The summed E-state index contributed by atoms with van der Waals surface area (Å²) in [6.07, 6.45) is 0. The van der Waals surface area contributed by atoms with Crippen molar-refractivity contribution in [2.24, 2.45) is 0 Å². The summed E-state index contributed by atoms with van der Waals surface area (Å²) >= 11 is 5.29. The Hall–Kier alpha value is -1.04. The van der Waals surface area contributed by atoms with Gasteiger partial charge in [-0.05, 0) is 33.4 Å². The van der Waals surface area contributed by atoms with E-state index in [1.54, 1.807) is 11.3 Å². The molecule has 0 atom stereocenters. The van der Waals surface area contributed by atoms with Gasteiger partial charge in [0.25, 0.3) is 0 Å². The molecule has 3 rings (SSSR count). The molecule has 1 aliphatic rings. The van der Waals surface area contributed by atoms with E-state index in [4.69, 9.17) is 9.47 Å². The zero-order valence-electron chi connectivity index (χ0n) is 10.3. The molecule has 0 spiro atoms. The van der Waals surface area contributed by atoms with E-state index in [0.717, 1.165) is 30.2 Å². The van der Waals surface area contributed by atoms with Crippen LogP contribution in [-0.2, 0) is 13.1 Å². The Kier molecular flexibility index (Phi) is 4.06. The summed E-state index contributed by atoms with van der Waals surface area (Å²) in [5.41, 5.74) is 1.14. The van der Waals surface area contributed by atoms with E-state index in [0.29, 0.717) is 13.2 Å². The van der Waals surface area contributed by atoms with Gasteiger partial charge < -0.3 is 14.8 Å². The fraction of sp³-hybridized carbons (Fsp3) is 0.286. The maximum absolute atomic E-state index is 5.69. The third-order valence-electron chi connectivity index (χ3n) is 2.94. The van der Waals surface area contributed by atoms with Gasteiger partial charge in [-0.15, -0.1) is 11.3 Å². The Bertz CT molecular complexity index is 570. The lowest BCUT2D eigenvalue weighted by molar-refractivity contribution is 0.169. The Balaban J connectivity index is 1.66. The van der Waals surface area contributed by atoms with Crippen LogP contribution in [0.15, 0.2) is 34.1 Å². The molecule has 0 fully saturated rings. The van der Waals surface area contributed by atoms with Gasteiger partial charge >= 0.3 is 0 Å². The van der Waals surface area contributed by atoms with Crippen LogP contribution in [0.4, 0.5) is 0 Å². The number of nitrogens with one attached hydrogen (secondary N) is 1.